The van der Waals surface area contributed by atoms with Crippen LogP contribution in [0.5, 0.6) is 0 Å². The maximum Gasteiger partial charge on any atom is 0.146 e. The molecule has 0 saturated carbocycles. The van der Waals surface area contributed by atoms with Crippen molar-refractivity contribution in [2.24, 2.45) is 0 Å². The molecule has 9 rings (SSSR count). The van der Waals surface area contributed by atoms with Crippen molar-refractivity contribution in [3.63, 3.8) is 0 Å². The molecule has 2 fully saturated rings. The van der Waals surface area contributed by atoms with Gasteiger partial charge in [0, 0.05) is 78.6 Å². The number of benzene rings is 2. The number of halogens is 1. The fourth-order valence-electron chi connectivity index (χ4n) is 10.6. The number of aromatic nitrogens is 4. The number of unbranched alkanes of at least 4 members (excludes halogenated alkanes) is 2. The quantitative estimate of drug-likeness (QED) is 0.130. The predicted octanol–water partition coefficient (Wildman–Crippen LogP) is 12.1. The molecule has 3 N–H and O–H groups in total. The monoisotopic (exact) mass is 860 g/mol. The lowest BCUT2D eigenvalue weighted by Crippen LogP contribution is -2.59. The molecule has 0 amide bonds. The summed E-state index contributed by atoms with van der Waals surface area (Å²) in [6.07, 6.45) is 6.99. The lowest BCUT2D eigenvalue weighted by Gasteiger charge is -2.46. The minimum absolute atomic E-state index is 0.0835. The van der Waals surface area contributed by atoms with E-state index >= 15 is 0 Å². The molecule has 0 radical (unpaired) electrons. The molecule has 8 bridgehead atoms. The molecule has 8 nitrogen and oxygen atoms in total. The maximum atomic E-state index is 14.5. The van der Waals surface area contributed by atoms with Gasteiger partial charge < -0.3 is 24.9 Å². The molecule has 0 spiro atoms. The molecule has 2 saturated heterocycles. The molecule has 0 aliphatic carbocycles. The van der Waals surface area contributed by atoms with E-state index in [4.69, 9.17) is 9.97 Å². The topological polar surface area (TPSA) is 87.3 Å². The number of fused-ring (bicyclic) bond motifs is 8. The molecular weight excluding hydrogens is 794 g/mol. The van der Waals surface area contributed by atoms with Crippen molar-refractivity contribution < 1.29 is 9.50 Å². The fourth-order valence-corrected chi connectivity index (χ4v) is 10.6. The standard InChI is InChI=1S/C55H66FN7O/c1-9-11-15-41-37(7)46-29-44-33(3)35(5)54(59-44)53(55-36(6)34(4)45(60-55)30-47-38(8)42(16-12-10-2)49(58-47)31-48(41)57-46)39-19-21-40(22-20-39)63-24-23-51(52(64)32-63)62-27-25-61(26-28-62)50-18-14-13-17-43(50)56/h13-14,17-22,29-31,51-52,57-58,64H,9-12,15-16,23-28,32H2,1-8H3/t51-,52-/m1/s1. The zero-order chi connectivity index (χ0) is 44.8. The Hall–Kier alpha value is -5.51. The summed E-state index contributed by atoms with van der Waals surface area (Å²) in [5.41, 5.74) is 22.4. The van der Waals surface area contributed by atoms with Crippen LogP contribution >= 0.6 is 0 Å². The summed E-state index contributed by atoms with van der Waals surface area (Å²) in [5, 5.41) is 11.6. The number of piperidine rings is 1. The van der Waals surface area contributed by atoms with E-state index in [0.717, 1.165) is 139 Å². The molecule has 5 aromatic rings. The third kappa shape index (κ3) is 8.11. The smallest absolute Gasteiger partial charge is 0.146 e. The summed E-state index contributed by atoms with van der Waals surface area (Å²) in [6, 6.07) is 22.9. The van der Waals surface area contributed by atoms with E-state index in [1.807, 2.05) is 12.1 Å². The number of H-pyrrole nitrogens is 2. The average Bonchev–Trinajstić information content (AvgIpc) is 3.95. The molecule has 7 heterocycles. The van der Waals surface area contributed by atoms with Gasteiger partial charge in [-0.25, -0.2) is 14.4 Å². The Morgan fingerprint density at radius 1 is 0.641 bits per heavy atom. The highest BCUT2D eigenvalue weighted by atomic mass is 19.1. The second-order valence-electron chi connectivity index (χ2n) is 18.7. The first-order valence-corrected chi connectivity index (χ1v) is 23.8. The number of anilines is 2. The first-order chi connectivity index (χ1) is 30.9. The predicted molar refractivity (Wildman–Crippen MR) is 266 cm³/mol. The number of nitrogens with one attached hydrogen (secondary N) is 2. The van der Waals surface area contributed by atoms with Crippen molar-refractivity contribution in [3.05, 3.63) is 118 Å². The van der Waals surface area contributed by atoms with E-state index < -0.39 is 6.10 Å². The van der Waals surface area contributed by atoms with Gasteiger partial charge in [-0.3, -0.25) is 4.90 Å². The lowest BCUT2D eigenvalue weighted by atomic mass is 9.94. The number of β-amino-alcohol motifs (C(OH)–C–C–N with tert-alkyl or cyclic N) is 1. The molecule has 2 atom stereocenters. The van der Waals surface area contributed by atoms with E-state index in [1.54, 1.807) is 6.07 Å². The fraction of sp³-hybridized carbons (Fsp3) is 0.418. The summed E-state index contributed by atoms with van der Waals surface area (Å²) < 4.78 is 14.5. The second kappa shape index (κ2) is 18.2. The molecule has 0 unspecified atom stereocenters. The summed E-state index contributed by atoms with van der Waals surface area (Å²) >= 11 is 0. The molecule has 2 aromatic carbocycles. The summed E-state index contributed by atoms with van der Waals surface area (Å²) in [6.45, 7) is 22.4. The van der Waals surface area contributed by atoms with E-state index in [9.17, 15) is 9.50 Å². The van der Waals surface area contributed by atoms with Crippen molar-refractivity contribution in [1.29, 1.82) is 0 Å². The number of aliphatic hydroxyl groups excluding tert-OH is 1. The van der Waals surface area contributed by atoms with Crippen molar-refractivity contribution in [3.8, 4) is 11.1 Å². The van der Waals surface area contributed by atoms with E-state index in [2.05, 4.69) is 123 Å². The minimum Gasteiger partial charge on any atom is -0.390 e. The highest BCUT2D eigenvalue weighted by molar-refractivity contribution is 6.01. The second-order valence-corrected chi connectivity index (χ2v) is 18.7. The molecular formula is C55H66FN7O. The molecule has 64 heavy (non-hydrogen) atoms. The van der Waals surface area contributed by atoms with Crippen LogP contribution in [-0.4, -0.2) is 81.4 Å². The van der Waals surface area contributed by atoms with Gasteiger partial charge in [0.1, 0.15) is 5.82 Å². The van der Waals surface area contributed by atoms with E-state index in [1.165, 1.54) is 50.5 Å². The van der Waals surface area contributed by atoms with Crippen LogP contribution in [0.3, 0.4) is 0 Å². The van der Waals surface area contributed by atoms with Gasteiger partial charge in [-0.05, 0) is 166 Å². The number of allylic oxidation sites excluding steroid dienone is 4. The molecule has 4 aliphatic heterocycles. The summed E-state index contributed by atoms with van der Waals surface area (Å²) in [4.78, 5) is 25.6. The lowest BCUT2D eigenvalue weighted by molar-refractivity contribution is 0.0338. The Bertz CT molecular complexity index is 2680. The number of hydrogen-bond donors (Lipinski definition) is 3. The van der Waals surface area contributed by atoms with Crippen LogP contribution in [0, 0.1) is 19.7 Å². The van der Waals surface area contributed by atoms with Gasteiger partial charge in [-0.15, -0.1) is 0 Å². The largest absolute Gasteiger partial charge is 0.390 e. The van der Waals surface area contributed by atoms with Crippen LogP contribution in [0.2, 0.25) is 0 Å². The molecule has 4 aliphatic rings. The van der Waals surface area contributed by atoms with Crippen molar-refractivity contribution in [2.45, 2.75) is 112 Å². The third-order valence-corrected chi connectivity index (χ3v) is 14.9. The van der Waals surface area contributed by atoms with Crippen LogP contribution in [0.1, 0.15) is 119 Å². The van der Waals surface area contributed by atoms with Crippen molar-refractivity contribution in [1.82, 2.24) is 24.8 Å². The SMILES string of the molecule is CCCCc1c(C)c2cc3nc(c(-c4ccc(N5CC[C@@H](N6CCN(c7ccccc7F)CC6)[C@H](O)C5)cc4)c4nc(cc5[nH]c(cc1[nH]2)c(CCCC)c5C)C(C)=C4C)C(C)=C3C. The highest BCUT2D eigenvalue weighted by Gasteiger charge is 2.34. The Balaban J connectivity index is 1.10. The number of para-hydroxylation sites is 1. The Kier molecular flexibility index (Phi) is 12.4. The highest BCUT2D eigenvalue weighted by Crippen LogP contribution is 2.43. The van der Waals surface area contributed by atoms with Gasteiger partial charge in [-0.1, -0.05) is 51.0 Å². The molecule has 334 valence electrons. The summed E-state index contributed by atoms with van der Waals surface area (Å²) in [5.74, 6) is -0.174. The normalized spacial score (nSPS) is 18.5. The van der Waals surface area contributed by atoms with E-state index in [0.29, 0.717) is 12.2 Å². The number of nitrogens with zero attached hydrogens (tertiary/aromatic N) is 5. The number of aromatic amines is 2. The number of piperazine rings is 1. The number of hydrogen-bond acceptors (Lipinski definition) is 6. The van der Waals surface area contributed by atoms with Gasteiger partial charge >= 0.3 is 0 Å². The van der Waals surface area contributed by atoms with Crippen LogP contribution in [0.25, 0.3) is 55.5 Å². The number of rotatable bonds is 10. The van der Waals surface area contributed by atoms with Gasteiger partial charge in [0.15, 0.2) is 0 Å². The summed E-state index contributed by atoms with van der Waals surface area (Å²) in [7, 11) is 0. The van der Waals surface area contributed by atoms with Gasteiger partial charge in [0.2, 0.25) is 0 Å². The Morgan fingerprint density at radius 2 is 1.19 bits per heavy atom. The van der Waals surface area contributed by atoms with Gasteiger partial charge in [-0.2, -0.15) is 0 Å². The Labute approximate surface area is 379 Å². The average molecular weight is 860 g/mol. The first-order valence-electron chi connectivity index (χ1n) is 23.8. The first kappa shape index (κ1) is 43.7. The zero-order valence-corrected chi connectivity index (χ0v) is 39.3. The molecule has 3 aromatic heterocycles. The third-order valence-electron chi connectivity index (χ3n) is 14.9. The Morgan fingerprint density at radius 3 is 1.70 bits per heavy atom. The van der Waals surface area contributed by atoms with Crippen LogP contribution < -0.4 is 9.80 Å². The van der Waals surface area contributed by atoms with Crippen LogP contribution in [0.15, 0.2) is 66.7 Å². The maximum absolute atomic E-state index is 14.5. The van der Waals surface area contributed by atoms with Crippen LogP contribution in [-0.2, 0) is 12.8 Å². The van der Waals surface area contributed by atoms with Gasteiger partial charge in [0.05, 0.1) is 34.6 Å². The number of aryl methyl sites for hydroxylation is 4. The zero-order valence-electron chi connectivity index (χ0n) is 39.3. The minimum atomic E-state index is -0.486. The van der Waals surface area contributed by atoms with Crippen molar-refractivity contribution >= 4 is 55.7 Å². The molecule has 9 heteroatoms. The van der Waals surface area contributed by atoms with Crippen LogP contribution in [0.4, 0.5) is 15.8 Å². The van der Waals surface area contributed by atoms with E-state index in [-0.39, 0.29) is 11.9 Å². The number of aliphatic hydroxyl groups is 1. The van der Waals surface area contributed by atoms with Crippen molar-refractivity contribution in [2.75, 3.05) is 49.1 Å². The van der Waals surface area contributed by atoms with Gasteiger partial charge in [0.25, 0.3) is 0 Å².